The van der Waals surface area contributed by atoms with Gasteiger partial charge in [-0.1, -0.05) is 30.3 Å². The number of carbonyl (C=O) groups is 1. The minimum atomic E-state index is -0.336. The summed E-state index contributed by atoms with van der Waals surface area (Å²) in [4.78, 5) is 11.0. The average molecular weight is 209 g/mol. The quantitative estimate of drug-likeness (QED) is 0.564. The SMILES string of the molecule is COC(=O)C[C@H](Cc1ccccc1)NO. The summed E-state index contributed by atoms with van der Waals surface area (Å²) in [5.74, 6) is -0.336. The second-order valence-electron chi connectivity index (χ2n) is 3.30. The van der Waals surface area contributed by atoms with Gasteiger partial charge in [0, 0.05) is 6.04 Å². The molecule has 0 spiro atoms. The van der Waals surface area contributed by atoms with E-state index in [9.17, 15) is 4.79 Å². The highest BCUT2D eigenvalue weighted by molar-refractivity contribution is 5.69. The van der Waals surface area contributed by atoms with Gasteiger partial charge < -0.3 is 9.94 Å². The van der Waals surface area contributed by atoms with Crippen molar-refractivity contribution in [1.29, 1.82) is 0 Å². The molecule has 4 nitrogen and oxygen atoms in total. The largest absolute Gasteiger partial charge is 0.469 e. The molecule has 0 saturated heterocycles. The van der Waals surface area contributed by atoms with E-state index in [-0.39, 0.29) is 18.4 Å². The number of rotatable bonds is 5. The lowest BCUT2D eigenvalue weighted by atomic mass is 10.0. The van der Waals surface area contributed by atoms with Crippen LogP contribution in [0.4, 0.5) is 0 Å². The van der Waals surface area contributed by atoms with E-state index in [2.05, 4.69) is 10.2 Å². The summed E-state index contributed by atoms with van der Waals surface area (Å²) in [7, 11) is 1.33. The highest BCUT2D eigenvalue weighted by Crippen LogP contribution is 2.05. The van der Waals surface area contributed by atoms with Gasteiger partial charge in [0.2, 0.25) is 0 Å². The molecule has 0 heterocycles. The number of esters is 1. The van der Waals surface area contributed by atoms with Gasteiger partial charge in [0.1, 0.15) is 0 Å². The van der Waals surface area contributed by atoms with Crippen LogP contribution in [0.25, 0.3) is 0 Å². The van der Waals surface area contributed by atoms with Crippen molar-refractivity contribution in [3.63, 3.8) is 0 Å². The van der Waals surface area contributed by atoms with Crippen LogP contribution in [0, 0.1) is 0 Å². The first-order valence-electron chi connectivity index (χ1n) is 4.76. The van der Waals surface area contributed by atoms with Gasteiger partial charge in [-0.25, -0.2) is 5.48 Å². The fourth-order valence-corrected chi connectivity index (χ4v) is 1.35. The Kier molecular flexibility index (Phi) is 4.80. The van der Waals surface area contributed by atoms with E-state index in [0.717, 1.165) is 5.56 Å². The summed E-state index contributed by atoms with van der Waals surface area (Å²) in [6.07, 6.45) is 0.744. The van der Waals surface area contributed by atoms with Crippen molar-refractivity contribution in [2.24, 2.45) is 0 Å². The van der Waals surface area contributed by atoms with Crippen molar-refractivity contribution in [3.8, 4) is 0 Å². The minimum absolute atomic E-state index is 0.155. The molecule has 0 saturated carbocycles. The molecule has 0 unspecified atom stereocenters. The van der Waals surface area contributed by atoms with Gasteiger partial charge in [0.15, 0.2) is 0 Å². The summed E-state index contributed by atoms with van der Waals surface area (Å²) in [5, 5.41) is 8.87. The molecular weight excluding hydrogens is 194 g/mol. The van der Waals surface area contributed by atoms with Crippen LogP contribution in [0.1, 0.15) is 12.0 Å². The monoisotopic (exact) mass is 209 g/mol. The van der Waals surface area contributed by atoms with E-state index in [4.69, 9.17) is 5.21 Å². The third kappa shape index (κ3) is 4.10. The molecule has 0 aliphatic heterocycles. The van der Waals surface area contributed by atoms with E-state index in [1.54, 1.807) is 0 Å². The fraction of sp³-hybridized carbons (Fsp3) is 0.364. The van der Waals surface area contributed by atoms with Gasteiger partial charge in [-0.3, -0.25) is 4.79 Å². The van der Waals surface area contributed by atoms with E-state index in [1.807, 2.05) is 30.3 Å². The molecule has 15 heavy (non-hydrogen) atoms. The summed E-state index contributed by atoms with van der Waals surface area (Å²) in [6.45, 7) is 0. The Morgan fingerprint density at radius 2 is 2.13 bits per heavy atom. The summed E-state index contributed by atoms with van der Waals surface area (Å²) < 4.78 is 4.53. The normalized spacial score (nSPS) is 12.1. The molecule has 2 N–H and O–H groups in total. The number of hydroxylamine groups is 1. The maximum absolute atomic E-state index is 11.0. The third-order valence-electron chi connectivity index (χ3n) is 2.15. The standard InChI is InChI=1S/C11H15NO3/c1-15-11(13)8-10(12-14)7-9-5-3-2-4-6-9/h2-6,10,12,14H,7-8H2,1H3/t10-/m0/s1. The molecular formula is C11H15NO3. The number of nitrogens with one attached hydrogen (secondary N) is 1. The third-order valence-corrected chi connectivity index (χ3v) is 2.15. The maximum Gasteiger partial charge on any atom is 0.307 e. The summed E-state index contributed by atoms with van der Waals surface area (Å²) in [6, 6.07) is 9.35. The highest BCUT2D eigenvalue weighted by Gasteiger charge is 2.13. The van der Waals surface area contributed by atoms with Gasteiger partial charge in [-0.2, -0.15) is 0 Å². The van der Waals surface area contributed by atoms with E-state index < -0.39 is 0 Å². The topological polar surface area (TPSA) is 58.6 Å². The van der Waals surface area contributed by atoms with Gasteiger partial charge in [0.25, 0.3) is 0 Å². The maximum atomic E-state index is 11.0. The van der Waals surface area contributed by atoms with Crippen LogP contribution in [0.15, 0.2) is 30.3 Å². The molecule has 0 fully saturated rings. The molecule has 1 aromatic rings. The van der Waals surface area contributed by atoms with Crippen LogP contribution in [-0.4, -0.2) is 24.3 Å². The molecule has 82 valence electrons. The number of hydrogen-bond donors (Lipinski definition) is 2. The minimum Gasteiger partial charge on any atom is -0.469 e. The Bertz CT molecular complexity index is 300. The second kappa shape index (κ2) is 6.16. The zero-order chi connectivity index (χ0) is 11.1. The van der Waals surface area contributed by atoms with E-state index in [0.29, 0.717) is 6.42 Å². The van der Waals surface area contributed by atoms with Crippen LogP contribution in [0.5, 0.6) is 0 Å². The van der Waals surface area contributed by atoms with Gasteiger partial charge >= 0.3 is 5.97 Å². The van der Waals surface area contributed by atoms with E-state index >= 15 is 0 Å². The Balaban J connectivity index is 2.50. The predicted octanol–water partition coefficient (Wildman–Crippen LogP) is 1.14. The van der Waals surface area contributed by atoms with Crippen LogP contribution >= 0.6 is 0 Å². The van der Waals surface area contributed by atoms with Gasteiger partial charge in [-0.05, 0) is 12.0 Å². The highest BCUT2D eigenvalue weighted by atomic mass is 16.5. The molecule has 1 atom stereocenters. The second-order valence-corrected chi connectivity index (χ2v) is 3.30. The first kappa shape index (κ1) is 11.7. The number of hydrogen-bond acceptors (Lipinski definition) is 4. The first-order valence-corrected chi connectivity index (χ1v) is 4.76. The average Bonchev–Trinajstić information content (AvgIpc) is 2.29. The Labute approximate surface area is 88.8 Å². The zero-order valence-corrected chi connectivity index (χ0v) is 8.64. The molecule has 0 aliphatic rings. The van der Waals surface area contributed by atoms with Crippen molar-refractivity contribution >= 4 is 5.97 Å². The van der Waals surface area contributed by atoms with Crippen molar-refractivity contribution < 1.29 is 14.7 Å². The molecule has 1 rings (SSSR count). The first-order chi connectivity index (χ1) is 7.26. The van der Waals surface area contributed by atoms with Crippen molar-refractivity contribution in [2.45, 2.75) is 18.9 Å². The predicted molar refractivity (Wildman–Crippen MR) is 55.5 cm³/mol. The van der Waals surface area contributed by atoms with Crippen molar-refractivity contribution in [2.75, 3.05) is 7.11 Å². The van der Waals surface area contributed by atoms with Gasteiger partial charge in [-0.15, -0.1) is 0 Å². The lowest BCUT2D eigenvalue weighted by Crippen LogP contribution is -2.31. The molecule has 4 heteroatoms. The number of benzene rings is 1. The van der Waals surface area contributed by atoms with Crippen molar-refractivity contribution in [1.82, 2.24) is 5.48 Å². The Hall–Kier alpha value is -1.39. The molecule has 0 radical (unpaired) electrons. The number of carbonyl (C=O) groups excluding carboxylic acids is 1. The molecule has 1 aromatic carbocycles. The van der Waals surface area contributed by atoms with Gasteiger partial charge in [0.05, 0.1) is 13.5 Å². The smallest absolute Gasteiger partial charge is 0.307 e. The Morgan fingerprint density at radius 3 is 2.67 bits per heavy atom. The molecule has 0 amide bonds. The van der Waals surface area contributed by atoms with Crippen molar-refractivity contribution in [3.05, 3.63) is 35.9 Å². The molecule has 0 aromatic heterocycles. The van der Waals surface area contributed by atoms with Crippen LogP contribution in [-0.2, 0) is 16.0 Å². The molecule has 0 bridgehead atoms. The van der Waals surface area contributed by atoms with Crippen LogP contribution in [0.2, 0.25) is 0 Å². The van der Waals surface area contributed by atoms with E-state index in [1.165, 1.54) is 7.11 Å². The zero-order valence-electron chi connectivity index (χ0n) is 8.64. The summed E-state index contributed by atoms with van der Waals surface area (Å²) >= 11 is 0. The van der Waals surface area contributed by atoms with Crippen LogP contribution < -0.4 is 5.48 Å². The summed E-state index contributed by atoms with van der Waals surface area (Å²) in [5.41, 5.74) is 3.18. The fourth-order valence-electron chi connectivity index (χ4n) is 1.35. The Morgan fingerprint density at radius 1 is 1.47 bits per heavy atom. The number of ether oxygens (including phenoxy) is 1. The lowest BCUT2D eigenvalue weighted by Gasteiger charge is -2.13. The lowest BCUT2D eigenvalue weighted by molar-refractivity contribution is -0.141. The van der Waals surface area contributed by atoms with Crippen LogP contribution in [0.3, 0.4) is 0 Å². The molecule has 0 aliphatic carbocycles. The number of methoxy groups -OCH3 is 1.